The molecule has 5 rings (SSSR count). The predicted octanol–water partition coefficient (Wildman–Crippen LogP) is 4.73. The number of amides is 4. The van der Waals surface area contributed by atoms with Gasteiger partial charge in [0.25, 0.3) is 11.8 Å². The number of hydrogen-bond acceptors (Lipinski definition) is 6. The number of carbonyl (C=O) groups excluding carboxylic acids is 3. The minimum Gasteiger partial charge on any atom is -0.366 e. The second kappa shape index (κ2) is 15.0. The van der Waals surface area contributed by atoms with Crippen molar-refractivity contribution in [3.05, 3.63) is 76.6 Å². The summed E-state index contributed by atoms with van der Waals surface area (Å²) in [6.45, 7) is 11.0. The van der Waals surface area contributed by atoms with Crippen molar-refractivity contribution in [2.75, 3.05) is 70.3 Å². The third-order valence-electron chi connectivity index (χ3n) is 8.88. The first-order valence-electron chi connectivity index (χ1n) is 16.4. The first-order valence-corrected chi connectivity index (χ1v) is 16.4. The molecule has 3 aromatic rings. The molecule has 2 aliphatic rings. The zero-order chi connectivity index (χ0) is 33.7. The Labute approximate surface area is 276 Å². The second-order valence-electron chi connectivity index (χ2n) is 13.0. The molecule has 0 saturated carbocycles. The number of urea groups is 1. The average molecular weight is 647 g/mol. The smallest absolute Gasteiger partial charge is 0.321 e. The molecule has 2 aromatic carbocycles. The molecule has 4 amide bonds. The number of halogens is 1. The highest BCUT2D eigenvalue weighted by molar-refractivity contribution is 5.95. The minimum atomic E-state index is -0.318. The van der Waals surface area contributed by atoms with E-state index in [0.29, 0.717) is 49.5 Å². The van der Waals surface area contributed by atoms with Gasteiger partial charge in [-0.15, -0.1) is 0 Å². The number of anilines is 2. The Morgan fingerprint density at radius 1 is 1.00 bits per heavy atom. The van der Waals surface area contributed by atoms with Crippen LogP contribution in [0.15, 0.2) is 48.5 Å². The fraction of sp³-hybridized carbons (Fsp3) is 0.486. The summed E-state index contributed by atoms with van der Waals surface area (Å²) in [4.78, 5) is 46.5. The summed E-state index contributed by atoms with van der Waals surface area (Å²) in [5.74, 6) is -0.129. The van der Waals surface area contributed by atoms with Gasteiger partial charge in [-0.2, -0.15) is 5.10 Å². The van der Waals surface area contributed by atoms with E-state index in [9.17, 15) is 18.8 Å². The number of aromatic nitrogens is 2. The Balaban J connectivity index is 1.21. The van der Waals surface area contributed by atoms with Crippen molar-refractivity contribution in [1.29, 1.82) is 0 Å². The maximum absolute atomic E-state index is 13.6. The highest BCUT2D eigenvalue weighted by atomic mass is 19.1. The Hall–Kier alpha value is -4.45. The molecule has 0 bridgehead atoms. The largest absolute Gasteiger partial charge is 0.366 e. The van der Waals surface area contributed by atoms with E-state index >= 15 is 0 Å². The maximum atomic E-state index is 13.6. The lowest BCUT2D eigenvalue weighted by Gasteiger charge is -2.34. The Kier molecular flexibility index (Phi) is 10.8. The summed E-state index contributed by atoms with van der Waals surface area (Å²) >= 11 is 0. The quantitative estimate of drug-likeness (QED) is 0.330. The summed E-state index contributed by atoms with van der Waals surface area (Å²) in [6, 6.07) is 15.0. The molecule has 3 heterocycles. The van der Waals surface area contributed by atoms with Crippen LogP contribution in [0.1, 0.15) is 76.8 Å². The molecular weight excluding hydrogens is 599 g/mol. The molecule has 0 aliphatic carbocycles. The van der Waals surface area contributed by atoms with Gasteiger partial charge in [0, 0.05) is 107 Å². The van der Waals surface area contributed by atoms with Crippen LogP contribution in [0.5, 0.6) is 0 Å². The van der Waals surface area contributed by atoms with Crippen LogP contribution in [0, 0.1) is 0 Å². The Morgan fingerprint density at radius 2 is 1.68 bits per heavy atom. The molecule has 11 nitrogen and oxygen atoms in total. The third-order valence-corrected chi connectivity index (χ3v) is 8.88. The molecule has 1 aromatic heterocycles. The van der Waals surface area contributed by atoms with Gasteiger partial charge in [0.1, 0.15) is 0 Å². The molecule has 1 fully saturated rings. The lowest BCUT2D eigenvalue weighted by atomic mass is 9.95. The van der Waals surface area contributed by atoms with E-state index < -0.39 is 0 Å². The lowest BCUT2D eigenvalue weighted by Crippen LogP contribution is -2.50. The highest BCUT2D eigenvalue weighted by Crippen LogP contribution is 2.35. The Bertz CT molecular complexity index is 1550. The van der Waals surface area contributed by atoms with Crippen molar-refractivity contribution in [3.63, 3.8) is 0 Å². The summed E-state index contributed by atoms with van der Waals surface area (Å²) < 4.78 is 14.4. The van der Waals surface area contributed by atoms with Crippen LogP contribution in [-0.2, 0) is 13.1 Å². The van der Waals surface area contributed by atoms with Gasteiger partial charge in [-0.25, -0.2) is 4.79 Å². The number of benzene rings is 2. The van der Waals surface area contributed by atoms with Crippen molar-refractivity contribution in [2.45, 2.75) is 52.2 Å². The molecule has 0 unspecified atom stereocenters. The van der Waals surface area contributed by atoms with Crippen LogP contribution >= 0.6 is 0 Å². The lowest BCUT2D eigenvalue weighted by molar-refractivity contribution is 0.0827. The monoisotopic (exact) mass is 646 g/mol. The van der Waals surface area contributed by atoms with E-state index in [-0.39, 0.29) is 36.5 Å². The number of nitrogens with one attached hydrogen (secondary N) is 2. The number of carbonyl (C=O) groups is 3. The zero-order valence-electron chi connectivity index (χ0n) is 28.1. The van der Waals surface area contributed by atoms with Crippen LogP contribution in [0.2, 0.25) is 0 Å². The van der Waals surface area contributed by atoms with Crippen molar-refractivity contribution in [2.24, 2.45) is 0 Å². The summed E-state index contributed by atoms with van der Waals surface area (Å²) in [7, 11) is 3.48. The van der Waals surface area contributed by atoms with Gasteiger partial charge in [-0.05, 0) is 62.2 Å². The fourth-order valence-electron chi connectivity index (χ4n) is 6.31. The van der Waals surface area contributed by atoms with Gasteiger partial charge in [-0.3, -0.25) is 23.6 Å². The standard InChI is InChI=1S/C35H47FN8O3/c1-24(2)44-32-25(3)22-43(29-13-9-27(10-14-29)34(46)40(4)5)23-30(32)31(39-44)33(45)37-21-26-7-11-28(12-8-26)38-35(47)42-19-17-41(18-20-42)16-6-15-36/h7-14,24-25H,6,15-23H2,1-5H3,(H,37,45)(H,38,47)/t25-/m0/s1. The van der Waals surface area contributed by atoms with Crippen LogP contribution in [-0.4, -0.2) is 102 Å². The molecule has 1 saturated heterocycles. The van der Waals surface area contributed by atoms with Crippen molar-refractivity contribution in [3.8, 4) is 0 Å². The van der Waals surface area contributed by atoms with E-state index in [1.165, 1.54) is 0 Å². The normalized spacial score (nSPS) is 16.6. The molecule has 2 N–H and O–H groups in total. The third kappa shape index (κ3) is 7.93. The molecule has 12 heteroatoms. The predicted molar refractivity (Wildman–Crippen MR) is 182 cm³/mol. The van der Waals surface area contributed by atoms with E-state index in [4.69, 9.17) is 5.10 Å². The highest BCUT2D eigenvalue weighted by Gasteiger charge is 2.33. The summed E-state index contributed by atoms with van der Waals surface area (Å²) in [5, 5.41) is 10.8. The molecule has 0 spiro atoms. The van der Waals surface area contributed by atoms with E-state index in [1.54, 1.807) is 23.9 Å². The fourth-order valence-corrected chi connectivity index (χ4v) is 6.31. The Morgan fingerprint density at radius 3 is 2.30 bits per heavy atom. The van der Waals surface area contributed by atoms with Crippen LogP contribution in [0.4, 0.5) is 20.6 Å². The van der Waals surface area contributed by atoms with Crippen LogP contribution in [0.25, 0.3) is 0 Å². The molecule has 252 valence electrons. The number of hydrogen-bond donors (Lipinski definition) is 2. The molecular formula is C35H47FN8O3. The average Bonchev–Trinajstić information content (AvgIpc) is 3.47. The SMILES string of the molecule is CC(C)n1nc(C(=O)NCc2ccc(NC(=O)N3CCN(CCCF)CC3)cc2)c2c1[C@@H](C)CN(c1ccc(C(=O)N(C)C)cc1)C2. The second-order valence-corrected chi connectivity index (χ2v) is 13.0. The maximum Gasteiger partial charge on any atom is 0.321 e. The minimum absolute atomic E-state index is 0.0421. The first kappa shape index (κ1) is 33.9. The van der Waals surface area contributed by atoms with Gasteiger partial charge in [0.2, 0.25) is 0 Å². The summed E-state index contributed by atoms with van der Waals surface area (Å²) in [5.41, 5.74) is 5.64. The molecule has 2 aliphatic heterocycles. The number of fused-ring (bicyclic) bond motifs is 1. The van der Waals surface area contributed by atoms with Gasteiger partial charge in [0.05, 0.1) is 6.67 Å². The van der Waals surface area contributed by atoms with Crippen molar-refractivity contribution >= 4 is 29.2 Å². The van der Waals surface area contributed by atoms with Gasteiger partial charge < -0.3 is 25.3 Å². The topological polar surface area (TPSA) is 106 Å². The van der Waals surface area contributed by atoms with Crippen molar-refractivity contribution < 1.29 is 18.8 Å². The molecule has 0 radical (unpaired) electrons. The number of nitrogens with zero attached hydrogens (tertiary/aromatic N) is 6. The number of alkyl halides is 1. The van der Waals surface area contributed by atoms with E-state index in [1.807, 2.05) is 53.2 Å². The van der Waals surface area contributed by atoms with Gasteiger partial charge in [-0.1, -0.05) is 19.1 Å². The molecule has 47 heavy (non-hydrogen) atoms. The van der Waals surface area contributed by atoms with E-state index in [2.05, 4.69) is 41.2 Å². The van der Waals surface area contributed by atoms with Gasteiger partial charge in [0.15, 0.2) is 5.69 Å². The summed E-state index contributed by atoms with van der Waals surface area (Å²) in [6.07, 6.45) is 0.525. The van der Waals surface area contributed by atoms with E-state index in [0.717, 1.165) is 48.7 Å². The number of piperazine rings is 1. The molecule has 1 atom stereocenters. The van der Waals surface area contributed by atoms with Crippen LogP contribution in [0.3, 0.4) is 0 Å². The van der Waals surface area contributed by atoms with Crippen molar-refractivity contribution in [1.82, 2.24) is 29.8 Å². The first-order chi connectivity index (χ1) is 22.5. The number of rotatable bonds is 10. The van der Waals surface area contributed by atoms with Gasteiger partial charge >= 0.3 is 6.03 Å². The van der Waals surface area contributed by atoms with Crippen LogP contribution < -0.4 is 15.5 Å². The zero-order valence-corrected chi connectivity index (χ0v) is 28.1.